The van der Waals surface area contributed by atoms with Crippen molar-refractivity contribution in [1.29, 1.82) is 0 Å². The molecule has 0 aromatic heterocycles. The number of hydrogen-bond donors (Lipinski definition) is 1. The van der Waals surface area contributed by atoms with E-state index >= 15 is 0 Å². The standard InChI is InChI=1S/C15H25NO2S/c1-5-10-16-15(11-12(2)3)13-6-8-14(9-7-13)19(4,17)18/h6-9,12,15-16H,5,10-11H2,1-4H3. The summed E-state index contributed by atoms with van der Waals surface area (Å²) in [6.07, 6.45) is 3.39. The molecule has 1 unspecified atom stereocenters. The summed E-state index contributed by atoms with van der Waals surface area (Å²) in [5, 5.41) is 3.53. The SMILES string of the molecule is CCCNC(CC(C)C)c1ccc(S(C)(=O)=O)cc1. The molecular weight excluding hydrogens is 258 g/mol. The molecule has 0 bridgehead atoms. The fourth-order valence-electron chi connectivity index (χ4n) is 2.07. The van der Waals surface area contributed by atoms with Gasteiger partial charge in [-0.15, -0.1) is 0 Å². The van der Waals surface area contributed by atoms with Crippen LogP contribution >= 0.6 is 0 Å². The molecular formula is C15H25NO2S. The van der Waals surface area contributed by atoms with Gasteiger partial charge in [0.25, 0.3) is 0 Å². The van der Waals surface area contributed by atoms with Crippen LogP contribution in [0.25, 0.3) is 0 Å². The Hall–Kier alpha value is -0.870. The second kappa shape index (κ2) is 7.06. The Morgan fingerprint density at radius 3 is 2.16 bits per heavy atom. The molecule has 0 saturated heterocycles. The number of rotatable bonds is 7. The Labute approximate surface area is 117 Å². The van der Waals surface area contributed by atoms with Gasteiger partial charge in [0.2, 0.25) is 0 Å². The molecule has 19 heavy (non-hydrogen) atoms. The van der Waals surface area contributed by atoms with Crippen molar-refractivity contribution in [3.05, 3.63) is 29.8 Å². The largest absolute Gasteiger partial charge is 0.310 e. The minimum Gasteiger partial charge on any atom is -0.310 e. The molecule has 0 heterocycles. The first kappa shape index (κ1) is 16.2. The maximum absolute atomic E-state index is 11.4. The van der Waals surface area contributed by atoms with E-state index in [1.807, 2.05) is 12.1 Å². The van der Waals surface area contributed by atoms with E-state index in [-0.39, 0.29) is 0 Å². The Morgan fingerprint density at radius 2 is 1.74 bits per heavy atom. The lowest BCUT2D eigenvalue weighted by atomic mass is 9.97. The molecule has 0 fully saturated rings. The maximum Gasteiger partial charge on any atom is 0.175 e. The lowest BCUT2D eigenvalue weighted by molar-refractivity contribution is 0.430. The number of hydrogen-bond acceptors (Lipinski definition) is 3. The maximum atomic E-state index is 11.4. The van der Waals surface area contributed by atoms with Crippen molar-refractivity contribution in [1.82, 2.24) is 5.32 Å². The fourth-order valence-corrected chi connectivity index (χ4v) is 2.71. The van der Waals surface area contributed by atoms with Gasteiger partial charge in [-0.1, -0.05) is 32.9 Å². The minimum atomic E-state index is -3.11. The minimum absolute atomic E-state index is 0.300. The van der Waals surface area contributed by atoms with Crippen molar-refractivity contribution >= 4 is 9.84 Å². The lowest BCUT2D eigenvalue weighted by Crippen LogP contribution is -2.23. The number of sulfone groups is 1. The zero-order chi connectivity index (χ0) is 14.5. The van der Waals surface area contributed by atoms with Crippen molar-refractivity contribution in [2.75, 3.05) is 12.8 Å². The molecule has 0 amide bonds. The Bertz CT molecular complexity index is 477. The molecule has 3 nitrogen and oxygen atoms in total. The summed E-state index contributed by atoms with van der Waals surface area (Å²) in [7, 11) is -3.11. The monoisotopic (exact) mass is 283 g/mol. The number of benzene rings is 1. The molecule has 4 heteroatoms. The van der Waals surface area contributed by atoms with Gasteiger partial charge in [-0.05, 0) is 43.0 Å². The van der Waals surface area contributed by atoms with E-state index in [2.05, 4.69) is 26.1 Å². The van der Waals surface area contributed by atoms with Crippen LogP contribution in [0.4, 0.5) is 0 Å². The van der Waals surface area contributed by atoms with Crippen LogP contribution in [0.1, 0.15) is 45.2 Å². The summed E-state index contributed by atoms with van der Waals surface area (Å²) in [6, 6.07) is 7.55. The quantitative estimate of drug-likeness (QED) is 0.836. The van der Waals surface area contributed by atoms with Gasteiger partial charge in [0.1, 0.15) is 0 Å². The summed E-state index contributed by atoms with van der Waals surface area (Å²) in [5.41, 5.74) is 1.16. The predicted molar refractivity (Wildman–Crippen MR) is 80.0 cm³/mol. The van der Waals surface area contributed by atoms with Crippen LogP contribution in [0, 0.1) is 5.92 Å². The van der Waals surface area contributed by atoms with Crippen LogP contribution in [0.5, 0.6) is 0 Å². The van der Waals surface area contributed by atoms with Crippen LogP contribution in [0.2, 0.25) is 0 Å². The molecule has 0 spiro atoms. The van der Waals surface area contributed by atoms with E-state index in [4.69, 9.17) is 0 Å². The van der Waals surface area contributed by atoms with Crippen LogP contribution < -0.4 is 5.32 Å². The molecule has 0 saturated carbocycles. The van der Waals surface area contributed by atoms with Gasteiger partial charge in [0.15, 0.2) is 9.84 Å². The van der Waals surface area contributed by atoms with E-state index in [0.717, 1.165) is 24.9 Å². The van der Waals surface area contributed by atoms with Gasteiger partial charge >= 0.3 is 0 Å². The summed E-state index contributed by atoms with van der Waals surface area (Å²) in [6.45, 7) is 7.52. The van der Waals surface area contributed by atoms with Gasteiger partial charge in [-0.25, -0.2) is 8.42 Å². The summed E-state index contributed by atoms with van der Waals surface area (Å²) < 4.78 is 22.9. The Balaban J connectivity index is 2.90. The average Bonchev–Trinajstić information content (AvgIpc) is 2.33. The van der Waals surface area contributed by atoms with Crippen molar-refractivity contribution in [3.63, 3.8) is 0 Å². The normalized spacial score (nSPS) is 13.7. The molecule has 1 rings (SSSR count). The second-order valence-electron chi connectivity index (χ2n) is 5.48. The van der Waals surface area contributed by atoms with Crippen molar-refractivity contribution in [2.45, 2.75) is 44.6 Å². The highest BCUT2D eigenvalue weighted by Gasteiger charge is 2.14. The smallest absolute Gasteiger partial charge is 0.175 e. The molecule has 1 atom stereocenters. The van der Waals surface area contributed by atoms with Crippen molar-refractivity contribution in [3.8, 4) is 0 Å². The Morgan fingerprint density at radius 1 is 1.16 bits per heavy atom. The molecule has 0 aliphatic rings. The first-order valence-corrected chi connectivity index (χ1v) is 8.77. The van der Waals surface area contributed by atoms with E-state index in [9.17, 15) is 8.42 Å². The molecule has 1 N–H and O–H groups in total. The highest BCUT2D eigenvalue weighted by molar-refractivity contribution is 7.90. The third kappa shape index (κ3) is 5.33. The zero-order valence-electron chi connectivity index (χ0n) is 12.3. The average molecular weight is 283 g/mol. The molecule has 1 aromatic carbocycles. The van der Waals surface area contributed by atoms with Crippen LogP contribution in [0.15, 0.2) is 29.2 Å². The molecule has 0 aliphatic heterocycles. The van der Waals surface area contributed by atoms with E-state index in [1.165, 1.54) is 6.26 Å². The highest BCUT2D eigenvalue weighted by Crippen LogP contribution is 2.22. The summed E-state index contributed by atoms with van der Waals surface area (Å²) in [5.74, 6) is 0.601. The van der Waals surface area contributed by atoms with Crippen molar-refractivity contribution < 1.29 is 8.42 Å². The third-order valence-corrected chi connectivity index (χ3v) is 4.19. The summed E-state index contributed by atoms with van der Waals surface area (Å²) >= 11 is 0. The molecule has 0 radical (unpaired) electrons. The predicted octanol–water partition coefficient (Wildman–Crippen LogP) is 3.18. The fraction of sp³-hybridized carbons (Fsp3) is 0.600. The van der Waals surface area contributed by atoms with E-state index in [0.29, 0.717) is 16.9 Å². The van der Waals surface area contributed by atoms with Crippen LogP contribution in [-0.2, 0) is 9.84 Å². The third-order valence-electron chi connectivity index (χ3n) is 3.06. The lowest BCUT2D eigenvalue weighted by Gasteiger charge is -2.21. The number of nitrogens with one attached hydrogen (secondary N) is 1. The molecule has 108 valence electrons. The van der Waals surface area contributed by atoms with Gasteiger partial charge in [0.05, 0.1) is 4.90 Å². The van der Waals surface area contributed by atoms with Gasteiger partial charge < -0.3 is 5.32 Å². The highest BCUT2D eigenvalue weighted by atomic mass is 32.2. The second-order valence-corrected chi connectivity index (χ2v) is 7.49. The zero-order valence-corrected chi connectivity index (χ0v) is 13.1. The topological polar surface area (TPSA) is 46.2 Å². The van der Waals surface area contributed by atoms with E-state index in [1.54, 1.807) is 12.1 Å². The van der Waals surface area contributed by atoms with Crippen LogP contribution in [0.3, 0.4) is 0 Å². The Kier molecular flexibility index (Phi) is 6.01. The van der Waals surface area contributed by atoms with Gasteiger partial charge in [-0.3, -0.25) is 0 Å². The first-order valence-electron chi connectivity index (χ1n) is 6.88. The summed E-state index contributed by atoms with van der Waals surface area (Å²) in [4.78, 5) is 0.384. The van der Waals surface area contributed by atoms with E-state index < -0.39 is 9.84 Å². The van der Waals surface area contributed by atoms with Crippen molar-refractivity contribution in [2.24, 2.45) is 5.92 Å². The molecule has 0 aliphatic carbocycles. The van der Waals surface area contributed by atoms with Crippen LogP contribution in [-0.4, -0.2) is 21.2 Å². The molecule has 1 aromatic rings. The van der Waals surface area contributed by atoms with Gasteiger partial charge in [0, 0.05) is 12.3 Å². The van der Waals surface area contributed by atoms with Gasteiger partial charge in [-0.2, -0.15) is 0 Å². The first-order chi connectivity index (χ1) is 8.84.